The maximum absolute atomic E-state index is 12.5. The summed E-state index contributed by atoms with van der Waals surface area (Å²) >= 11 is 1.43. The van der Waals surface area contributed by atoms with Gasteiger partial charge in [-0.25, -0.2) is 14.8 Å². The Balaban J connectivity index is 1.32. The minimum atomic E-state index is -0.998. The van der Waals surface area contributed by atoms with Gasteiger partial charge in [0.2, 0.25) is 0 Å². The van der Waals surface area contributed by atoms with Crippen LogP contribution in [0.15, 0.2) is 72.2 Å². The van der Waals surface area contributed by atoms with Gasteiger partial charge in [0.15, 0.2) is 5.13 Å². The standard InChI is InChI=1S/C25H20N6O3S/c1-14-22(31-11-10-16(24(33)34)12-21(31)27-14)20-13-35-25(30-20)28-17-8-6-15(7-9-17)23(32)29-19-5-3-2-4-18(19)26/h2-13H,26H2,1H3,(H,28,30)(H,29,32)(H,33,34). The molecule has 3 aromatic heterocycles. The molecule has 0 bridgehead atoms. The van der Waals surface area contributed by atoms with Crippen molar-refractivity contribution in [3.8, 4) is 11.4 Å². The number of rotatable bonds is 6. The number of aryl methyl sites for hydroxylation is 1. The summed E-state index contributed by atoms with van der Waals surface area (Å²) in [6.07, 6.45) is 1.69. The first-order valence-corrected chi connectivity index (χ1v) is 11.5. The van der Waals surface area contributed by atoms with Crippen LogP contribution in [0.2, 0.25) is 0 Å². The fourth-order valence-electron chi connectivity index (χ4n) is 3.68. The van der Waals surface area contributed by atoms with E-state index >= 15 is 0 Å². The molecule has 3 heterocycles. The van der Waals surface area contributed by atoms with Crippen LogP contribution in [0.25, 0.3) is 17.0 Å². The van der Waals surface area contributed by atoms with Gasteiger partial charge < -0.3 is 21.5 Å². The third-order valence-corrected chi connectivity index (χ3v) is 6.16. The number of para-hydroxylation sites is 2. The van der Waals surface area contributed by atoms with Crippen LogP contribution in [0.5, 0.6) is 0 Å². The summed E-state index contributed by atoms with van der Waals surface area (Å²) in [5.41, 5.74) is 11.2. The molecule has 0 fully saturated rings. The van der Waals surface area contributed by atoms with Crippen LogP contribution in [0.1, 0.15) is 26.4 Å². The number of anilines is 4. The molecule has 35 heavy (non-hydrogen) atoms. The Hall–Kier alpha value is -4.70. The normalized spacial score (nSPS) is 10.9. The van der Waals surface area contributed by atoms with Crippen molar-refractivity contribution < 1.29 is 14.7 Å². The molecule has 0 atom stereocenters. The van der Waals surface area contributed by atoms with Gasteiger partial charge in [-0.3, -0.25) is 9.20 Å². The van der Waals surface area contributed by atoms with Gasteiger partial charge in [0, 0.05) is 22.8 Å². The van der Waals surface area contributed by atoms with Crippen LogP contribution in [-0.4, -0.2) is 31.4 Å². The zero-order chi connectivity index (χ0) is 24.5. The number of benzene rings is 2. The van der Waals surface area contributed by atoms with E-state index < -0.39 is 5.97 Å². The van der Waals surface area contributed by atoms with Crippen LogP contribution in [0, 0.1) is 6.92 Å². The van der Waals surface area contributed by atoms with E-state index in [0.717, 1.165) is 22.8 Å². The number of thiazole rings is 1. The van der Waals surface area contributed by atoms with Crippen molar-refractivity contribution in [3.63, 3.8) is 0 Å². The van der Waals surface area contributed by atoms with Crippen molar-refractivity contribution in [2.24, 2.45) is 0 Å². The maximum Gasteiger partial charge on any atom is 0.335 e. The minimum Gasteiger partial charge on any atom is -0.478 e. The van der Waals surface area contributed by atoms with Gasteiger partial charge in [-0.2, -0.15) is 0 Å². The highest BCUT2D eigenvalue weighted by Crippen LogP contribution is 2.30. The van der Waals surface area contributed by atoms with Gasteiger partial charge in [0.05, 0.1) is 28.3 Å². The number of pyridine rings is 1. The monoisotopic (exact) mass is 484 g/mol. The number of hydrogen-bond acceptors (Lipinski definition) is 7. The molecule has 10 heteroatoms. The SMILES string of the molecule is Cc1nc2cc(C(=O)O)ccn2c1-c1csc(Nc2ccc(C(=O)Nc3ccccc3N)cc2)n1. The molecular weight excluding hydrogens is 464 g/mol. The van der Waals surface area contributed by atoms with Crippen molar-refractivity contribution in [2.75, 3.05) is 16.4 Å². The molecule has 2 aromatic carbocycles. The molecule has 0 unspecified atom stereocenters. The predicted molar refractivity (Wildman–Crippen MR) is 137 cm³/mol. The number of aromatic nitrogens is 3. The largest absolute Gasteiger partial charge is 0.478 e. The number of aromatic carboxylic acids is 1. The molecule has 0 aliphatic carbocycles. The van der Waals surface area contributed by atoms with Crippen molar-refractivity contribution >= 4 is 51.1 Å². The third-order valence-electron chi connectivity index (χ3n) is 5.40. The number of hydrogen-bond donors (Lipinski definition) is 4. The molecular formula is C25H20N6O3S. The molecule has 0 spiro atoms. The number of carboxylic acid groups (broad SMARTS) is 1. The summed E-state index contributed by atoms with van der Waals surface area (Å²) in [6.45, 7) is 1.86. The average Bonchev–Trinajstić information content (AvgIpc) is 3.43. The van der Waals surface area contributed by atoms with E-state index in [9.17, 15) is 14.7 Å². The van der Waals surface area contributed by atoms with E-state index in [2.05, 4.69) is 20.6 Å². The molecule has 5 rings (SSSR count). The smallest absolute Gasteiger partial charge is 0.335 e. The quantitative estimate of drug-likeness (QED) is 0.248. The van der Waals surface area contributed by atoms with E-state index in [-0.39, 0.29) is 11.5 Å². The lowest BCUT2D eigenvalue weighted by Crippen LogP contribution is -2.13. The highest BCUT2D eigenvalue weighted by Gasteiger charge is 2.16. The van der Waals surface area contributed by atoms with E-state index in [4.69, 9.17) is 5.73 Å². The Bertz CT molecular complexity index is 1570. The first-order valence-electron chi connectivity index (χ1n) is 10.6. The Morgan fingerprint density at radius 1 is 1.03 bits per heavy atom. The van der Waals surface area contributed by atoms with Crippen molar-refractivity contribution in [1.29, 1.82) is 0 Å². The Kier molecular flexibility index (Phi) is 5.63. The number of carboxylic acids is 1. The molecule has 5 aromatic rings. The summed E-state index contributed by atoms with van der Waals surface area (Å²) in [5, 5.41) is 17.9. The highest BCUT2D eigenvalue weighted by atomic mass is 32.1. The Labute approximate surface area is 203 Å². The summed E-state index contributed by atoms with van der Waals surface area (Å²) in [4.78, 5) is 32.9. The van der Waals surface area contributed by atoms with Crippen molar-refractivity contribution in [3.05, 3.63) is 89.1 Å². The van der Waals surface area contributed by atoms with Gasteiger partial charge >= 0.3 is 5.97 Å². The van der Waals surface area contributed by atoms with Crippen LogP contribution in [0.4, 0.5) is 22.2 Å². The number of nitrogens with one attached hydrogen (secondary N) is 2. The second-order valence-corrected chi connectivity index (χ2v) is 8.63. The highest BCUT2D eigenvalue weighted by molar-refractivity contribution is 7.14. The van der Waals surface area contributed by atoms with Crippen LogP contribution >= 0.6 is 11.3 Å². The number of carbonyl (C=O) groups is 2. The number of fused-ring (bicyclic) bond motifs is 1. The third kappa shape index (κ3) is 4.42. The number of nitrogens with two attached hydrogens (primary N) is 1. The first-order chi connectivity index (χ1) is 16.9. The summed E-state index contributed by atoms with van der Waals surface area (Å²) < 4.78 is 1.83. The summed E-state index contributed by atoms with van der Waals surface area (Å²) in [5.74, 6) is -1.25. The zero-order valence-electron chi connectivity index (χ0n) is 18.5. The van der Waals surface area contributed by atoms with Crippen molar-refractivity contribution in [2.45, 2.75) is 6.92 Å². The van der Waals surface area contributed by atoms with Crippen molar-refractivity contribution in [1.82, 2.24) is 14.4 Å². The zero-order valence-corrected chi connectivity index (χ0v) is 19.3. The lowest BCUT2D eigenvalue weighted by Gasteiger charge is -2.08. The molecule has 0 radical (unpaired) electrons. The lowest BCUT2D eigenvalue weighted by atomic mass is 10.2. The number of amides is 1. The fourth-order valence-corrected chi connectivity index (χ4v) is 4.39. The summed E-state index contributed by atoms with van der Waals surface area (Å²) in [6, 6.07) is 17.2. The predicted octanol–water partition coefficient (Wildman–Crippen LogP) is 5.04. The van der Waals surface area contributed by atoms with Crippen LogP contribution in [-0.2, 0) is 0 Å². The van der Waals surface area contributed by atoms with E-state index in [1.807, 2.05) is 28.8 Å². The van der Waals surface area contributed by atoms with E-state index in [0.29, 0.717) is 27.7 Å². The van der Waals surface area contributed by atoms with Gasteiger partial charge in [0.25, 0.3) is 5.91 Å². The van der Waals surface area contributed by atoms with Gasteiger partial charge in [-0.05, 0) is 55.5 Å². The van der Waals surface area contributed by atoms with Gasteiger partial charge in [-0.1, -0.05) is 12.1 Å². The lowest BCUT2D eigenvalue weighted by molar-refractivity contribution is 0.0696. The molecule has 0 aliphatic heterocycles. The number of nitrogens with zero attached hydrogens (tertiary/aromatic N) is 3. The molecule has 0 aliphatic rings. The molecule has 9 nitrogen and oxygen atoms in total. The van der Waals surface area contributed by atoms with Gasteiger partial charge in [-0.15, -0.1) is 11.3 Å². The van der Waals surface area contributed by atoms with Crippen LogP contribution in [0.3, 0.4) is 0 Å². The van der Waals surface area contributed by atoms with E-state index in [1.165, 1.54) is 23.5 Å². The molecule has 0 saturated carbocycles. The number of nitrogen functional groups attached to an aromatic ring is 1. The van der Waals surface area contributed by atoms with Gasteiger partial charge in [0.1, 0.15) is 11.3 Å². The Morgan fingerprint density at radius 2 is 1.80 bits per heavy atom. The second kappa shape index (κ2) is 8.92. The number of imidazole rings is 1. The first kappa shape index (κ1) is 22.1. The molecule has 5 N–H and O–H groups in total. The summed E-state index contributed by atoms with van der Waals surface area (Å²) in [7, 11) is 0. The number of carbonyl (C=O) groups excluding carboxylic acids is 1. The molecule has 1 amide bonds. The Morgan fingerprint density at radius 3 is 2.54 bits per heavy atom. The van der Waals surface area contributed by atoms with E-state index in [1.54, 1.807) is 42.6 Å². The molecule has 0 saturated heterocycles. The fraction of sp³-hybridized carbons (Fsp3) is 0.0400. The molecule has 174 valence electrons. The maximum atomic E-state index is 12.5. The van der Waals surface area contributed by atoms with Crippen LogP contribution < -0.4 is 16.4 Å². The second-order valence-electron chi connectivity index (χ2n) is 7.78. The minimum absolute atomic E-state index is 0.180. The average molecular weight is 485 g/mol. The topological polar surface area (TPSA) is 135 Å².